The number of furan rings is 1. The third-order valence-corrected chi connectivity index (χ3v) is 2.92. The number of aryl methyl sites for hydroxylation is 1. The summed E-state index contributed by atoms with van der Waals surface area (Å²) in [5.41, 5.74) is 0.263. The maximum atomic E-state index is 10.8. The van der Waals surface area contributed by atoms with Crippen LogP contribution in [0.1, 0.15) is 41.1 Å². The second kappa shape index (κ2) is 4.70. The normalized spacial score (nSPS) is 15.3. The third kappa shape index (κ3) is 2.85. The third-order valence-electron chi connectivity index (χ3n) is 2.92. The van der Waals surface area contributed by atoms with E-state index < -0.39 is 5.97 Å². The fraction of sp³-hybridized carbons (Fsp3) is 0.583. The molecule has 1 heterocycles. The first-order chi connectivity index (χ1) is 7.66. The first kappa shape index (κ1) is 11.2. The SMILES string of the molecule is Cc1oc(CNCCC2CC2)cc1C(=O)O. The Morgan fingerprint density at radius 2 is 2.38 bits per heavy atom. The summed E-state index contributed by atoms with van der Waals surface area (Å²) < 4.78 is 5.36. The molecule has 0 aliphatic heterocycles. The van der Waals surface area contributed by atoms with E-state index >= 15 is 0 Å². The van der Waals surface area contributed by atoms with Crippen molar-refractivity contribution in [2.45, 2.75) is 32.7 Å². The van der Waals surface area contributed by atoms with Gasteiger partial charge in [0.05, 0.1) is 6.54 Å². The summed E-state index contributed by atoms with van der Waals surface area (Å²) >= 11 is 0. The van der Waals surface area contributed by atoms with Crippen molar-refractivity contribution >= 4 is 5.97 Å². The predicted octanol–water partition coefficient (Wildman–Crippen LogP) is 2.18. The molecule has 1 aromatic rings. The van der Waals surface area contributed by atoms with Crippen molar-refractivity contribution in [1.82, 2.24) is 5.32 Å². The van der Waals surface area contributed by atoms with Gasteiger partial charge in [0.2, 0.25) is 0 Å². The number of rotatable bonds is 6. The lowest BCUT2D eigenvalue weighted by Gasteiger charge is -2.00. The highest BCUT2D eigenvalue weighted by atomic mass is 16.4. The van der Waals surface area contributed by atoms with Crippen molar-refractivity contribution in [1.29, 1.82) is 0 Å². The number of hydrogen-bond donors (Lipinski definition) is 2. The largest absolute Gasteiger partial charge is 0.478 e. The number of carbonyl (C=O) groups is 1. The van der Waals surface area contributed by atoms with Gasteiger partial charge in [-0.15, -0.1) is 0 Å². The molecule has 2 N–H and O–H groups in total. The molecule has 1 fully saturated rings. The lowest BCUT2D eigenvalue weighted by Crippen LogP contribution is -2.14. The number of nitrogens with one attached hydrogen (secondary N) is 1. The average molecular weight is 223 g/mol. The van der Waals surface area contributed by atoms with Gasteiger partial charge in [-0.25, -0.2) is 4.79 Å². The predicted molar refractivity (Wildman–Crippen MR) is 59.5 cm³/mol. The van der Waals surface area contributed by atoms with Gasteiger partial charge in [0, 0.05) is 0 Å². The van der Waals surface area contributed by atoms with E-state index in [9.17, 15) is 4.79 Å². The lowest BCUT2D eigenvalue weighted by atomic mass is 10.2. The van der Waals surface area contributed by atoms with Gasteiger partial charge >= 0.3 is 5.97 Å². The molecule has 0 bridgehead atoms. The molecule has 1 saturated carbocycles. The minimum absolute atomic E-state index is 0.263. The first-order valence-corrected chi connectivity index (χ1v) is 5.70. The van der Waals surface area contributed by atoms with Crippen LogP contribution in [-0.2, 0) is 6.54 Å². The summed E-state index contributed by atoms with van der Waals surface area (Å²) in [6.45, 7) is 3.27. The summed E-state index contributed by atoms with van der Waals surface area (Å²) in [5, 5.41) is 12.1. The summed E-state index contributed by atoms with van der Waals surface area (Å²) in [6.07, 6.45) is 3.95. The van der Waals surface area contributed by atoms with Gasteiger partial charge in [0.25, 0.3) is 0 Å². The van der Waals surface area contributed by atoms with Gasteiger partial charge in [-0.3, -0.25) is 0 Å². The van der Waals surface area contributed by atoms with Crippen LogP contribution in [0.3, 0.4) is 0 Å². The summed E-state index contributed by atoms with van der Waals surface area (Å²) in [6, 6.07) is 1.60. The zero-order chi connectivity index (χ0) is 11.5. The Hall–Kier alpha value is -1.29. The monoisotopic (exact) mass is 223 g/mol. The molecule has 0 aromatic carbocycles. The van der Waals surface area contributed by atoms with Crippen molar-refractivity contribution in [3.05, 3.63) is 23.2 Å². The van der Waals surface area contributed by atoms with Crippen molar-refractivity contribution in [3.8, 4) is 0 Å². The van der Waals surface area contributed by atoms with Crippen LogP contribution < -0.4 is 5.32 Å². The Labute approximate surface area is 94.6 Å². The van der Waals surface area contributed by atoms with E-state index in [2.05, 4.69) is 5.32 Å². The molecular weight excluding hydrogens is 206 g/mol. The van der Waals surface area contributed by atoms with E-state index in [1.807, 2.05) is 0 Å². The van der Waals surface area contributed by atoms with Crippen LogP contribution in [-0.4, -0.2) is 17.6 Å². The van der Waals surface area contributed by atoms with E-state index in [4.69, 9.17) is 9.52 Å². The molecule has 0 unspecified atom stereocenters. The van der Waals surface area contributed by atoms with Crippen LogP contribution in [0.15, 0.2) is 10.5 Å². The van der Waals surface area contributed by atoms with Crippen molar-refractivity contribution in [2.75, 3.05) is 6.54 Å². The standard InChI is InChI=1S/C12H17NO3/c1-8-11(12(14)15)6-10(16-8)7-13-5-4-9-2-3-9/h6,9,13H,2-5,7H2,1H3,(H,14,15). The number of aromatic carboxylic acids is 1. The maximum absolute atomic E-state index is 10.8. The molecule has 1 aliphatic rings. The summed E-state index contributed by atoms with van der Waals surface area (Å²) in [7, 11) is 0. The molecule has 4 heteroatoms. The molecule has 1 aromatic heterocycles. The van der Waals surface area contributed by atoms with Crippen LogP contribution in [0.25, 0.3) is 0 Å². The maximum Gasteiger partial charge on any atom is 0.339 e. The fourth-order valence-electron chi connectivity index (χ4n) is 1.77. The molecule has 4 nitrogen and oxygen atoms in total. The van der Waals surface area contributed by atoms with Gasteiger partial charge < -0.3 is 14.8 Å². The van der Waals surface area contributed by atoms with Crippen LogP contribution in [0.4, 0.5) is 0 Å². The molecule has 0 spiro atoms. The van der Waals surface area contributed by atoms with E-state index in [0.29, 0.717) is 18.1 Å². The molecule has 1 aliphatic carbocycles. The zero-order valence-electron chi connectivity index (χ0n) is 9.45. The summed E-state index contributed by atoms with van der Waals surface area (Å²) in [4.78, 5) is 10.8. The Morgan fingerprint density at radius 1 is 1.62 bits per heavy atom. The van der Waals surface area contributed by atoms with Crippen molar-refractivity contribution in [2.24, 2.45) is 5.92 Å². The fourth-order valence-corrected chi connectivity index (χ4v) is 1.77. The second-order valence-corrected chi connectivity index (χ2v) is 4.40. The smallest absolute Gasteiger partial charge is 0.339 e. The minimum atomic E-state index is -0.925. The van der Waals surface area contributed by atoms with Crippen molar-refractivity contribution in [3.63, 3.8) is 0 Å². The Morgan fingerprint density at radius 3 is 2.94 bits per heavy atom. The highest BCUT2D eigenvalue weighted by Crippen LogP contribution is 2.31. The van der Waals surface area contributed by atoms with Gasteiger partial charge in [-0.05, 0) is 31.9 Å². The van der Waals surface area contributed by atoms with E-state index in [0.717, 1.165) is 12.5 Å². The quantitative estimate of drug-likeness (QED) is 0.725. The Kier molecular flexibility index (Phi) is 3.29. The molecular formula is C12H17NO3. The van der Waals surface area contributed by atoms with E-state index in [1.54, 1.807) is 13.0 Å². The van der Waals surface area contributed by atoms with Crippen LogP contribution in [0, 0.1) is 12.8 Å². The number of hydrogen-bond acceptors (Lipinski definition) is 3. The lowest BCUT2D eigenvalue weighted by molar-refractivity contribution is 0.0695. The zero-order valence-corrected chi connectivity index (χ0v) is 9.45. The molecule has 16 heavy (non-hydrogen) atoms. The molecule has 88 valence electrons. The molecule has 0 atom stereocenters. The second-order valence-electron chi connectivity index (χ2n) is 4.40. The number of carboxylic acid groups (broad SMARTS) is 1. The Bertz CT molecular complexity index is 380. The Balaban J connectivity index is 1.79. The molecule has 2 rings (SSSR count). The topological polar surface area (TPSA) is 62.5 Å². The molecule has 0 saturated heterocycles. The first-order valence-electron chi connectivity index (χ1n) is 5.70. The van der Waals surface area contributed by atoms with Gasteiger partial charge in [-0.1, -0.05) is 12.8 Å². The average Bonchev–Trinajstić information content (AvgIpc) is 2.97. The molecule has 0 amide bonds. The minimum Gasteiger partial charge on any atom is -0.478 e. The van der Waals surface area contributed by atoms with Gasteiger partial charge in [0.1, 0.15) is 17.1 Å². The van der Waals surface area contributed by atoms with E-state index in [1.165, 1.54) is 19.3 Å². The van der Waals surface area contributed by atoms with Gasteiger partial charge in [0.15, 0.2) is 0 Å². The molecule has 0 radical (unpaired) electrons. The van der Waals surface area contributed by atoms with Crippen LogP contribution in [0.5, 0.6) is 0 Å². The van der Waals surface area contributed by atoms with Crippen molar-refractivity contribution < 1.29 is 14.3 Å². The van der Waals surface area contributed by atoms with Gasteiger partial charge in [-0.2, -0.15) is 0 Å². The van der Waals surface area contributed by atoms with Crippen LogP contribution >= 0.6 is 0 Å². The van der Waals surface area contributed by atoms with E-state index in [-0.39, 0.29) is 5.56 Å². The summed E-state index contributed by atoms with van der Waals surface area (Å²) in [5.74, 6) is 1.17. The highest BCUT2D eigenvalue weighted by molar-refractivity contribution is 5.88. The number of carboxylic acids is 1. The highest BCUT2D eigenvalue weighted by Gasteiger charge is 2.20. The van der Waals surface area contributed by atoms with Crippen LogP contribution in [0.2, 0.25) is 0 Å².